The third-order valence-electron chi connectivity index (χ3n) is 6.38. The Labute approximate surface area is 147 Å². The Morgan fingerprint density at radius 3 is 1.96 bits per heavy atom. The van der Waals surface area contributed by atoms with E-state index in [1.807, 2.05) is 0 Å². The molecule has 0 radical (unpaired) electrons. The molecule has 0 atom stereocenters. The Kier molecular flexibility index (Phi) is 3.99. The second-order valence-corrected chi connectivity index (χ2v) is 9.21. The smallest absolute Gasteiger partial charge is 0.399 e. The van der Waals surface area contributed by atoms with Crippen molar-refractivity contribution in [2.24, 2.45) is 0 Å². The van der Waals surface area contributed by atoms with E-state index in [1.165, 1.54) is 24.0 Å². The van der Waals surface area contributed by atoms with Gasteiger partial charge in [-0.25, -0.2) is 0 Å². The van der Waals surface area contributed by atoms with E-state index in [-0.39, 0.29) is 29.3 Å². The normalized spacial score (nSPS) is 24.2. The van der Waals surface area contributed by atoms with Crippen molar-refractivity contribution >= 4 is 12.6 Å². The highest BCUT2D eigenvalue weighted by Gasteiger charge is 2.52. The monoisotopic (exact) mass is 330 g/mol. The maximum atomic E-state index is 6.28. The summed E-state index contributed by atoms with van der Waals surface area (Å²) in [5.74, 6) is 0. The summed E-state index contributed by atoms with van der Waals surface area (Å²) < 4.78 is 18.3. The van der Waals surface area contributed by atoms with Gasteiger partial charge < -0.3 is 14.0 Å². The molecular formula is C20H31BO3. The van der Waals surface area contributed by atoms with Crippen LogP contribution < -0.4 is 5.46 Å². The first-order valence-electron chi connectivity index (χ1n) is 8.97. The molecule has 1 saturated heterocycles. The summed E-state index contributed by atoms with van der Waals surface area (Å²) in [6.45, 7) is 14.9. The highest BCUT2D eigenvalue weighted by Crippen LogP contribution is 2.48. The van der Waals surface area contributed by atoms with Crippen LogP contribution in [0.5, 0.6) is 0 Å². The van der Waals surface area contributed by atoms with E-state index < -0.39 is 0 Å². The van der Waals surface area contributed by atoms with Crippen LogP contribution in [0.4, 0.5) is 0 Å². The lowest BCUT2D eigenvalue weighted by molar-refractivity contribution is 0.00578. The van der Waals surface area contributed by atoms with Gasteiger partial charge in [-0.3, -0.25) is 0 Å². The van der Waals surface area contributed by atoms with Gasteiger partial charge in [-0.2, -0.15) is 0 Å². The molecule has 1 saturated carbocycles. The zero-order chi connectivity index (χ0) is 18.0. The minimum Gasteiger partial charge on any atom is -0.399 e. The lowest BCUT2D eigenvalue weighted by atomic mass is 9.74. The van der Waals surface area contributed by atoms with Gasteiger partial charge in [0.2, 0.25) is 0 Å². The molecule has 0 N–H and O–H groups in total. The molecule has 0 spiro atoms. The number of hydrogen-bond donors (Lipinski definition) is 0. The maximum absolute atomic E-state index is 6.28. The first-order valence-corrected chi connectivity index (χ1v) is 8.97. The Morgan fingerprint density at radius 1 is 0.958 bits per heavy atom. The van der Waals surface area contributed by atoms with Crippen molar-refractivity contribution in [3.8, 4) is 0 Å². The maximum Gasteiger partial charge on any atom is 0.494 e. The van der Waals surface area contributed by atoms with Gasteiger partial charge >= 0.3 is 7.12 Å². The van der Waals surface area contributed by atoms with Crippen LogP contribution in [0.15, 0.2) is 18.2 Å². The van der Waals surface area contributed by atoms with Gasteiger partial charge in [0.25, 0.3) is 0 Å². The SMILES string of the molecule is COC(C)(C)c1cc(B2OC(C)(C)C(C)(C)O2)cc(C2(C)CC2)c1. The predicted octanol–water partition coefficient (Wildman–Crippen LogP) is 3.92. The Balaban J connectivity index is 2.04. The molecule has 3 nitrogen and oxygen atoms in total. The summed E-state index contributed by atoms with van der Waals surface area (Å²) in [6.07, 6.45) is 2.49. The van der Waals surface area contributed by atoms with Gasteiger partial charge in [0.05, 0.1) is 16.8 Å². The van der Waals surface area contributed by atoms with Crippen LogP contribution in [0.2, 0.25) is 0 Å². The lowest BCUT2D eigenvalue weighted by Crippen LogP contribution is -2.41. The van der Waals surface area contributed by atoms with Crippen LogP contribution in [-0.2, 0) is 25.1 Å². The fourth-order valence-corrected chi connectivity index (χ4v) is 3.06. The van der Waals surface area contributed by atoms with Crippen molar-refractivity contribution in [3.63, 3.8) is 0 Å². The molecule has 0 bridgehead atoms. The van der Waals surface area contributed by atoms with Crippen molar-refractivity contribution in [1.29, 1.82) is 0 Å². The van der Waals surface area contributed by atoms with E-state index in [0.29, 0.717) is 0 Å². The number of rotatable bonds is 4. The molecule has 1 aliphatic carbocycles. The topological polar surface area (TPSA) is 27.7 Å². The first-order chi connectivity index (χ1) is 10.9. The lowest BCUT2D eigenvalue weighted by Gasteiger charge is -2.32. The Hall–Kier alpha value is -0.835. The van der Waals surface area contributed by atoms with Crippen molar-refractivity contribution in [1.82, 2.24) is 0 Å². The van der Waals surface area contributed by atoms with E-state index in [9.17, 15) is 0 Å². The van der Waals surface area contributed by atoms with Crippen molar-refractivity contribution < 1.29 is 14.0 Å². The highest BCUT2D eigenvalue weighted by atomic mass is 16.7. The summed E-state index contributed by atoms with van der Waals surface area (Å²) in [5.41, 5.74) is 2.95. The average Bonchev–Trinajstić information content (AvgIpc) is 3.19. The van der Waals surface area contributed by atoms with E-state index in [1.54, 1.807) is 7.11 Å². The quantitative estimate of drug-likeness (QED) is 0.783. The van der Waals surface area contributed by atoms with Crippen LogP contribution in [-0.4, -0.2) is 25.4 Å². The largest absolute Gasteiger partial charge is 0.494 e. The fraction of sp³-hybridized carbons (Fsp3) is 0.700. The predicted molar refractivity (Wildman–Crippen MR) is 98.8 cm³/mol. The summed E-state index contributed by atoms with van der Waals surface area (Å²) in [6, 6.07) is 6.75. The molecule has 2 aliphatic rings. The van der Waals surface area contributed by atoms with Crippen LogP contribution in [0.1, 0.15) is 72.4 Å². The summed E-state index contributed by atoms with van der Waals surface area (Å²) in [7, 11) is 1.43. The molecule has 0 amide bonds. The van der Waals surface area contributed by atoms with Crippen LogP contribution >= 0.6 is 0 Å². The molecule has 24 heavy (non-hydrogen) atoms. The fourth-order valence-electron chi connectivity index (χ4n) is 3.06. The van der Waals surface area contributed by atoms with Crippen LogP contribution in [0.3, 0.4) is 0 Å². The van der Waals surface area contributed by atoms with Crippen LogP contribution in [0.25, 0.3) is 0 Å². The number of ether oxygens (including phenoxy) is 1. The highest BCUT2D eigenvalue weighted by molar-refractivity contribution is 6.62. The third kappa shape index (κ3) is 2.93. The zero-order valence-corrected chi connectivity index (χ0v) is 16.4. The summed E-state index contributed by atoms with van der Waals surface area (Å²) in [5, 5.41) is 0. The van der Waals surface area contributed by atoms with Crippen molar-refractivity contribution in [2.45, 2.75) is 83.5 Å². The molecule has 3 rings (SSSR count). The van der Waals surface area contributed by atoms with Crippen LogP contribution in [0, 0.1) is 0 Å². The molecule has 1 aromatic carbocycles. The third-order valence-corrected chi connectivity index (χ3v) is 6.38. The second kappa shape index (κ2) is 5.33. The van der Waals surface area contributed by atoms with Gasteiger partial charge in [0, 0.05) is 7.11 Å². The van der Waals surface area contributed by atoms with E-state index in [4.69, 9.17) is 14.0 Å². The Bertz CT molecular complexity index is 628. The number of benzene rings is 1. The zero-order valence-electron chi connectivity index (χ0n) is 16.4. The van der Waals surface area contributed by atoms with Crippen molar-refractivity contribution in [2.75, 3.05) is 7.11 Å². The molecule has 1 aromatic rings. The van der Waals surface area contributed by atoms with Gasteiger partial charge in [0.1, 0.15) is 0 Å². The molecule has 132 valence electrons. The van der Waals surface area contributed by atoms with Gasteiger partial charge in [-0.1, -0.05) is 25.1 Å². The molecule has 1 aliphatic heterocycles. The minimum atomic E-state index is -0.334. The van der Waals surface area contributed by atoms with E-state index in [0.717, 1.165) is 5.46 Å². The standard InChI is InChI=1S/C20H31BO3/c1-17(2,22-8)14-11-15(20(7)9-10-20)13-16(12-14)21-23-18(3,4)19(5,6)24-21/h11-13H,9-10H2,1-8H3. The average molecular weight is 330 g/mol. The number of methoxy groups -OCH3 is 1. The van der Waals surface area contributed by atoms with Gasteiger partial charge in [-0.15, -0.1) is 0 Å². The van der Waals surface area contributed by atoms with E-state index in [2.05, 4.69) is 66.7 Å². The first kappa shape index (κ1) is 18.0. The van der Waals surface area contributed by atoms with Crippen molar-refractivity contribution in [3.05, 3.63) is 29.3 Å². The molecular weight excluding hydrogens is 299 g/mol. The molecule has 1 heterocycles. The molecule has 0 unspecified atom stereocenters. The van der Waals surface area contributed by atoms with Gasteiger partial charge in [-0.05, 0) is 76.4 Å². The minimum absolute atomic E-state index is 0.290. The molecule has 0 aromatic heterocycles. The second-order valence-electron chi connectivity index (χ2n) is 9.21. The molecule has 4 heteroatoms. The molecule has 2 fully saturated rings. The summed E-state index contributed by atoms with van der Waals surface area (Å²) >= 11 is 0. The van der Waals surface area contributed by atoms with Gasteiger partial charge in [0.15, 0.2) is 0 Å². The Morgan fingerprint density at radius 2 is 1.50 bits per heavy atom. The number of hydrogen-bond acceptors (Lipinski definition) is 3. The van der Waals surface area contributed by atoms with E-state index >= 15 is 0 Å². The summed E-state index contributed by atoms with van der Waals surface area (Å²) in [4.78, 5) is 0.